The molecule has 112 valence electrons. The van der Waals surface area contributed by atoms with Gasteiger partial charge in [0, 0.05) is 17.7 Å². The van der Waals surface area contributed by atoms with Crippen molar-refractivity contribution in [3.8, 4) is 5.75 Å². The van der Waals surface area contributed by atoms with E-state index >= 15 is 0 Å². The molecule has 0 atom stereocenters. The van der Waals surface area contributed by atoms with Gasteiger partial charge in [0.1, 0.15) is 18.2 Å². The van der Waals surface area contributed by atoms with Crippen LogP contribution in [-0.4, -0.2) is 6.54 Å². The zero-order valence-electron chi connectivity index (χ0n) is 11.6. The summed E-state index contributed by atoms with van der Waals surface area (Å²) in [5, 5.41) is 3.64. The van der Waals surface area contributed by atoms with Crippen molar-refractivity contribution in [2.75, 3.05) is 6.54 Å². The van der Waals surface area contributed by atoms with Crippen molar-refractivity contribution >= 4 is 27.5 Å². The third-order valence-corrected chi connectivity index (χ3v) is 3.98. The Hall–Kier alpha value is -1.10. The minimum atomic E-state index is -0.350. The molecule has 0 radical (unpaired) electrons. The van der Waals surface area contributed by atoms with Gasteiger partial charge in [0.05, 0.1) is 9.50 Å². The first-order chi connectivity index (χ1) is 10.1. The van der Waals surface area contributed by atoms with Crippen LogP contribution < -0.4 is 10.1 Å². The summed E-state index contributed by atoms with van der Waals surface area (Å²) in [6.45, 7) is 3.95. The predicted molar refractivity (Wildman–Crippen MR) is 87.3 cm³/mol. The highest BCUT2D eigenvalue weighted by Crippen LogP contribution is 2.30. The summed E-state index contributed by atoms with van der Waals surface area (Å²) in [5.74, 6) is 0.427. The molecule has 1 N–H and O–H groups in total. The molecule has 2 rings (SSSR count). The van der Waals surface area contributed by atoms with Crippen LogP contribution in [0.3, 0.4) is 0 Å². The molecular weight excluding hydrogens is 357 g/mol. The molecule has 0 aliphatic carbocycles. The molecule has 0 saturated carbocycles. The minimum Gasteiger partial charge on any atom is -0.487 e. The van der Waals surface area contributed by atoms with E-state index < -0.39 is 0 Å². The summed E-state index contributed by atoms with van der Waals surface area (Å²) in [6, 6.07) is 10.2. The lowest BCUT2D eigenvalue weighted by Crippen LogP contribution is -2.13. The summed E-state index contributed by atoms with van der Waals surface area (Å²) in [4.78, 5) is 0. The Morgan fingerprint density at radius 1 is 1.24 bits per heavy atom. The van der Waals surface area contributed by atoms with E-state index in [-0.39, 0.29) is 5.82 Å². The van der Waals surface area contributed by atoms with Crippen molar-refractivity contribution in [2.24, 2.45) is 0 Å². The second kappa shape index (κ2) is 7.78. The van der Waals surface area contributed by atoms with Crippen LogP contribution in [0.2, 0.25) is 5.02 Å². The fraction of sp³-hybridized carbons (Fsp3) is 0.250. The number of benzene rings is 2. The molecule has 0 saturated heterocycles. The Balaban J connectivity index is 2.15. The van der Waals surface area contributed by atoms with Crippen molar-refractivity contribution in [1.82, 2.24) is 5.32 Å². The first-order valence-electron chi connectivity index (χ1n) is 6.66. The molecule has 0 spiro atoms. The van der Waals surface area contributed by atoms with Gasteiger partial charge >= 0.3 is 0 Å². The van der Waals surface area contributed by atoms with Gasteiger partial charge in [-0.2, -0.15) is 0 Å². The van der Waals surface area contributed by atoms with Gasteiger partial charge in [-0.25, -0.2) is 4.39 Å². The monoisotopic (exact) mass is 371 g/mol. The second-order valence-corrected chi connectivity index (χ2v) is 5.79. The van der Waals surface area contributed by atoms with E-state index in [9.17, 15) is 4.39 Å². The fourth-order valence-electron chi connectivity index (χ4n) is 1.90. The molecule has 0 unspecified atom stereocenters. The van der Waals surface area contributed by atoms with Gasteiger partial charge in [0.15, 0.2) is 0 Å². The van der Waals surface area contributed by atoms with Crippen LogP contribution in [0, 0.1) is 5.82 Å². The van der Waals surface area contributed by atoms with Crippen LogP contribution in [0.25, 0.3) is 0 Å². The van der Waals surface area contributed by atoms with Gasteiger partial charge in [0.2, 0.25) is 0 Å². The first-order valence-corrected chi connectivity index (χ1v) is 7.83. The van der Waals surface area contributed by atoms with E-state index in [2.05, 4.69) is 28.2 Å². The van der Waals surface area contributed by atoms with Gasteiger partial charge in [-0.15, -0.1) is 0 Å². The Morgan fingerprint density at radius 3 is 2.76 bits per heavy atom. The third kappa shape index (κ3) is 4.43. The van der Waals surface area contributed by atoms with E-state index in [1.165, 1.54) is 12.1 Å². The Kier molecular flexibility index (Phi) is 6.03. The van der Waals surface area contributed by atoms with E-state index in [4.69, 9.17) is 16.3 Å². The zero-order valence-corrected chi connectivity index (χ0v) is 14.0. The Bertz CT molecular complexity index is 621. The van der Waals surface area contributed by atoms with Gasteiger partial charge < -0.3 is 10.1 Å². The second-order valence-electron chi connectivity index (χ2n) is 4.53. The number of para-hydroxylation sites is 1. The molecule has 21 heavy (non-hydrogen) atoms. The van der Waals surface area contributed by atoms with E-state index in [0.29, 0.717) is 11.6 Å². The summed E-state index contributed by atoms with van der Waals surface area (Å²) in [5.41, 5.74) is 1.81. The highest BCUT2D eigenvalue weighted by Gasteiger charge is 2.09. The van der Waals surface area contributed by atoms with Crippen molar-refractivity contribution in [1.29, 1.82) is 0 Å². The molecule has 0 bridgehead atoms. The number of nitrogens with one attached hydrogen (secondary N) is 1. The first kappa shape index (κ1) is 16.3. The number of rotatable bonds is 6. The van der Waals surface area contributed by atoms with Crippen molar-refractivity contribution in [3.63, 3.8) is 0 Å². The predicted octanol–water partition coefficient (Wildman–Crippen LogP) is 4.93. The van der Waals surface area contributed by atoms with Crippen molar-refractivity contribution in [3.05, 3.63) is 62.8 Å². The number of hydrogen-bond donors (Lipinski definition) is 1. The van der Waals surface area contributed by atoms with Gasteiger partial charge in [-0.1, -0.05) is 36.7 Å². The average Bonchev–Trinajstić information content (AvgIpc) is 2.45. The largest absolute Gasteiger partial charge is 0.487 e. The van der Waals surface area contributed by atoms with Crippen LogP contribution >= 0.6 is 27.5 Å². The SMILES string of the molecule is CCNCc1cccc(Br)c1OCc1ccc(F)cc1Cl. The minimum absolute atomic E-state index is 0.293. The van der Waals surface area contributed by atoms with Crippen LogP contribution in [0.5, 0.6) is 5.75 Å². The normalized spacial score (nSPS) is 10.7. The summed E-state index contributed by atoms with van der Waals surface area (Å²) in [6.07, 6.45) is 0. The lowest BCUT2D eigenvalue weighted by Gasteiger charge is -2.14. The Morgan fingerprint density at radius 2 is 2.05 bits per heavy atom. The zero-order chi connectivity index (χ0) is 15.2. The molecule has 0 fully saturated rings. The molecule has 2 aromatic rings. The molecule has 0 aliphatic heterocycles. The summed E-state index contributed by atoms with van der Waals surface area (Å²) >= 11 is 9.51. The average molecular weight is 373 g/mol. The Labute approximate surface area is 137 Å². The van der Waals surface area contributed by atoms with Gasteiger partial charge in [0.25, 0.3) is 0 Å². The van der Waals surface area contributed by atoms with E-state index in [0.717, 1.165) is 34.4 Å². The highest BCUT2D eigenvalue weighted by molar-refractivity contribution is 9.10. The quantitative estimate of drug-likeness (QED) is 0.776. The number of ether oxygens (including phenoxy) is 1. The lowest BCUT2D eigenvalue weighted by atomic mass is 10.2. The summed E-state index contributed by atoms with van der Waals surface area (Å²) in [7, 11) is 0. The standard InChI is InChI=1S/C16H16BrClFNO/c1-2-20-9-11-4-3-5-14(17)16(11)21-10-12-6-7-13(19)8-15(12)18/h3-8,20H,2,9-10H2,1H3. The van der Waals surface area contributed by atoms with E-state index in [1.54, 1.807) is 6.07 Å². The molecule has 0 aromatic heterocycles. The van der Waals surface area contributed by atoms with Gasteiger partial charge in [-0.05, 0) is 40.7 Å². The van der Waals surface area contributed by atoms with Crippen LogP contribution in [0.1, 0.15) is 18.1 Å². The van der Waals surface area contributed by atoms with Crippen LogP contribution in [-0.2, 0) is 13.2 Å². The van der Waals surface area contributed by atoms with Crippen molar-refractivity contribution in [2.45, 2.75) is 20.1 Å². The maximum absolute atomic E-state index is 13.0. The highest BCUT2D eigenvalue weighted by atomic mass is 79.9. The van der Waals surface area contributed by atoms with Crippen molar-refractivity contribution < 1.29 is 9.13 Å². The number of halogens is 3. The third-order valence-electron chi connectivity index (χ3n) is 3.00. The lowest BCUT2D eigenvalue weighted by molar-refractivity contribution is 0.300. The smallest absolute Gasteiger partial charge is 0.138 e. The molecule has 2 nitrogen and oxygen atoms in total. The molecule has 2 aromatic carbocycles. The van der Waals surface area contributed by atoms with E-state index in [1.807, 2.05) is 18.2 Å². The molecule has 0 aliphatic rings. The van der Waals surface area contributed by atoms with Gasteiger partial charge in [-0.3, -0.25) is 0 Å². The molecule has 5 heteroatoms. The van der Waals surface area contributed by atoms with Crippen LogP contribution in [0.4, 0.5) is 4.39 Å². The molecule has 0 heterocycles. The maximum Gasteiger partial charge on any atom is 0.138 e. The van der Waals surface area contributed by atoms with Crippen LogP contribution in [0.15, 0.2) is 40.9 Å². The maximum atomic E-state index is 13.0. The summed E-state index contributed by atoms with van der Waals surface area (Å²) < 4.78 is 19.8. The topological polar surface area (TPSA) is 21.3 Å². The fourth-order valence-corrected chi connectivity index (χ4v) is 2.65. The molecule has 0 amide bonds. The molecular formula is C16H16BrClFNO. The number of hydrogen-bond acceptors (Lipinski definition) is 2.